The largest absolute Gasteiger partial charge is 0.378 e. The van der Waals surface area contributed by atoms with Gasteiger partial charge in [-0.1, -0.05) is 0 Å². The standard InChI is InChI=1S/C13H27N3O3/c1-4-19-11(7-14)8-16-5-6-18-9-12(16)13(17)15-10(2)3/h10-12H,4-9,14H2,1-3H3,(H,15,17). The Labute approximate surface area is 115 Å². The second kappa shape index (κ2) is 8.47. The lowest BCUT2D eigenvalue weighted by atomic mass is 10.1. The number of nitrogens with two attached hydrogens (primary N) is 1. The molecule has 0 radical (unpaired) electrons. The van der Waals surface area contributed by atoms with Crippen LogP contribution in [-0.2, 0) is 14.3 Å². The van der Waals surface area contributed by atoms with Crippen LogP contribution in [0.3, 0.4) is 0 Å². The second-order valence-corrected chi connectivity index (χ2v) is 5.06. The Morgan fingerprint density at radius 3 is 2.89 bits per heavy atom. The highest BCUT2D eigenvalue weighted by molar-refractivity contribution is 5.82. The molecule has 2 atom stereocenters. The SMILES string of the molecule is CCOC(CN)CN1CCOCC1C(=O)NC(C)C. The third-order valence-electron chi connectivity index (χ3n) is 3.08. The summed E-state index contributed by atoms with van der Waals surface area (Å²) >= 11 is 0. The molecular formula is C13H27N3O3. The molecule has 0 aromatic carbocycles. The summed E-state index contributed by atoms with van der Waals surface area (Å²) in [6.07, 6.45) is -0.0301. The first-order valence-electron chi connectivity index (χ1n) is 7.02. The Morgan fingerprint density at radius 1 is 1.58 bits per heavy atom. The molecule has 0 bridgehead atoms. The van der Waals surface area contributed by atoms with Crippen LogP contribution in [0.4, 0.5) is 0 Å². The number of hydrogen-bond acceptors (Lipinski definition) is 5. The zero-order chi connectivity index (χ0) is 14.3. The van der Waals surface area contributed by atoms with E-state index in [-0.39, 0.29) is 24.1 Å². The molecule has 1 heterocycles. The van der Waals surface area contributed by atoms with Crippen molar-refractivity contribution in [1.29, 1.82) is 0 Å². The van der Waals surface area contributed by atoms with Crippen molar-refractivity contribution in [2.45, 2.75) is 39.0 Å². The summed E-state index contributed by atoms with van der Waals surface area (Å²) < 4.78 is 11.0. The Bertz CT molecular complexity index is 274. The molecule has 112 valence electrons. The maximum absolute atomic E-state index is 12.1. The minimum absolute atomic E-state index is 0.0157. The number of carbonyl (C=O) groups is 1. The number of nitrogens with zero attached hydrogens (tertiary/aromatic N) is 1. The Balaban J connectivity index is 2.58. The fourth-order valence-electron chi connectivity index (χ4n) is 2.17. The van der Waals surface area contributed by atoms with Crippen molar-refractivity contribution in [1.82, 2.24) is 10.2 Å². The van der Waals surface area contributed by atoms with Crippen LogP contribution in [0.1, 0.15) is 20.8 Å². The molecule has 1 aliphatic heterocycles. The first kappa shape index (κ1) is 16.4. The molecule has 1 amide bonds. The first-order valence-corrected chi connectivity index (χ1v) is 7.02. The van der Waals surface area contributed by atoms with Gasteiger partial charge in [0, 0.05) is 32.3 Å². The van der Waals surface area contributed by atoms with Gasteiger partial charge < -0.3 is 20.5 Å². The molecule has 0 spiro atoms. The predicted molar refractivity (Wildman–Crippen MR) is 73.9 cm³/mol. The van der Waals surface area contributed by atoms with Crippen LogP contribution in [0.5, 0.6) is 0 Å². The average Bonchev–Trinajstić information content (AvgIpc) is 2.38. The number of nitrogens with one attached hydrogen (secondary N) is 1. The summed E-state index contributed by atoms with van der Waals surface area (Å²) in [5.41, 5.74) is 5.69. The Morgan fingerprint density at radius 2 is 2.32 bits per heavy atom. The van der Waals surface area contributed by atoms with Gasteiger partial charge >= 0.3 is 0 Å². The maximum atomic E-state index is 12.1. The summed E-state index contributed by atoms with van der Waals surface area (Å²) in [4.78, 5) is 14.2. The summed E-state index contributed by atoms with van der Waals surface area (Å²) in [7, 11) is 0. The van der Waals surface area contributed by atoms with Gasteiger partial charge in [0.05, 0.1) is 19.3 Å². The normalized spacial score (nSPS) is 22.5. The van der Waals surface area contributed by atoms with E-state index in [0.717, 1.165) is 6.54 Å². The molecule has 19 heavy (non-hydrogen) atoms. The lowest BCUT2D eigenvalue weighted by Gasteiger charge is -2.36. The second-order valence-electron chi connectivity index (χ2n) is 5.06. The lowest BCUT2D eigenvalue weighted by Crippen LogP contribution is -2.57. The summed E-state index contributed by atoms with van der Waals surface area (Å²) in [6.45, 7) is 9.44. The van der Waals surface area contributed by atoms with Crippen LogP contribution in [0.2, 0.25) is 0 Å². The number of amides is 1. The molecule has 0 aromatic rings. The average molecular weight is 273 g/mol. The fourth-order valence-corrected chi connectivity index (χ4v) is 2.17. The molecule has 6 heteroatoms. The number of hydrogen-bond donors (Lipinski definition) is 2. The van der Waals surface area contributed by atoms with Crippen molar-refractivity contribution in [3.8, 4) is 0 Å². The van der Waals surface area contributed by atoms with Gasteiger partial charge in [-0.05, 0) is 20.8 Å². The van der Waals surface area contributed by atoms with E-state index in [0.29, 0.717) is 32.9 Å². The van der Waals surface area contributed by atoms with E-state index in [1.54, 1.807) is 0 Å². The summed E-state index contributed by atoms with van der Waals surface area (Å²) in [5, 5.41) is 2.93. The van der Waals surface area contributed by atoms with Crippen molar-refractivity contribution < 1.29 is 14.3 Å². The Kier molecular flexibility index (Phi) is 7.30. The highest BCUT2D eigenvalue weighted by Gasteiger charge is 2.31. The molecule has 0 saturated carbocycles. The van der Waals surface area contributed by atoms with E-state index in [4.69, 9.17) is 15.2 Å². The monoisotopic (exact) mass is 273 g/mol. The molecule has 1 fully saturated rings. The van der Waals surface area contributed by atoms with Crippen molar-refractivity contribution in [3.05, 3.63) is 0 Å². The van der Waals surface area contributed by atoms with E-state index < -0.39 is 0 Å². The predicted octanol–water partition coefficient (Wildman–Crippen LogP) is -0.424. The topological polar surface area (TPSA) is 76.8 Å². The third kappa shape index (κ3) is 5.44. The zero-order valence-corrected chi connectivity index (χ0v) is 12.2. The molecule has 6 nitrogen and oxygen atoms in total. The number of carbonyl (C=O) groups excluding carboxylic acids is 1. The first-order chi connectivity index (χ1) is 9.08. The summed E-state index contributed by atoms with van der Waals surface area (Å²) in [6, 6.07) is -0.112. The van der Waals surface area contributed by atoms with Crippen LogP contribution in [-0.4, -0.2) is 68.4 Å². The van der Waals surface area contributed by atoms with Gasteiger partial charge in [-0.3, -0.25) is 9.69 Å². The molecule has 1 rings (SSSR count). The molecule has 0 aliphatic carbocycles. The van der Waals surface area contributed by atoms with E-state index in [2.05, 4.69) is 10.2 Å². The lowest BCUT2D eigenvalue weighted by molar-refractivity contribution is -0.134. The molecule has 3 N–H and O–H groups in total. The number of ether oxygens (including phenoxy) is 2. The zero-order valence-electron chi connectivity index (χ0n) is 12.2. The molecule has 0 aromatic heterocycles. The minimum Gasteiger partial charge on any atom is -0.378 e. The van der Waals surface area contributed by atoms with E-state index in [9.17, 15) is 4.79 Å². The van der Waals surface area contributed by atoms with Crippen molar-refractivity contribution >= 4 is 5.91 Å². The molecule has 2 unspecified atom stereocenters. The van der Waals surface area contributed by atoms with Crippen molar-refractivity contribution in [3.63, 3.8) is 0 Å². The number of rotatable bonds is 7. The van der Waals surface area contributed by atoms with Gasteiger partial charge in [-0.2, -0.15) is 0 Å². The molecule has 1 aliphatic rings. The van der Waals surface area contributed by atoms with Crippen LogP contribution in [0.15, 0.2) is 0 Å². The van der Waals surface area contributed by atoms with Gasteiger partial charge in [-0.25, -0.2) is 0 Å². The minimum atomic E-state index is -0.245. The van der Waals surface area contributed by atoms with E-state index in [1.807, 2.05) is 20.8 Å². The summed E-state index contributed by atoms with van der Waals surface area (Å²) in [5.74, 6) is 0.0157. The van der Waals surface area contributed by atoms with Crippen LogP contribution >= 0.6 is 0 Å². The Hall–Kier alpha value is -0.690. The smallest absolute Gasteiger partial charge is 0.239 e. The van der Waals surface area contributed by atoms with E-state index in [1.165, 1.54) is 0 Å². The molecular weight excluding hydrogens is 246 g/mol. The fraction of sp³-hybridized carbons (Fsp3) is 0.923. The third-order valence-corrected chi connectivity index (χ3v) is 3.08. The highest BCUT2D eigenvalue weighted by atomic mass is 16.5. The van der Waals surface area contributed by atoms with Crippen LogP contribution in [0.25, 0.3) is 0 Å². The number of morpholine rings is 1. The maximum Gasteiger partial charge on any atom is 0.239 e. The van der Waals surface area contributed by atoms with Crippen LogP contribution in [0, 0.1) is 0 Å². The highest BCUT2D eigenvalue weighted by Crippen LogP contribution is 2.09. The quantitative estimate of drug-likeness (QED) is 0.658. The van der Waals surface area contributed by atoms with Gasteiger partial charge in [-0.15, -0.1) is 0 Å². The van der Waals surface area contributed by atoms with Crippen molar-refractivity contribution in [2.24, 2.45) is 5.73 Å². The van der Waals surface area contributed by atoms with E-state index >= 15 is 0 Å². The van der Waals surface area contributed by atoms with Gasteiger partial charge in [0.1, 0.15) is 6.04 Å². The van der Waals surface area contributed by atoms with Gasteiger partial charge in [0.25, 0.3) is 0 Å². The van der Waals surface area contributed by atoms with Gasteiger partial charge in [0.2, 0.25) is 5.91 Å². The molecule has 1 saturated heterocycles. The van der Waals surface area contributed by atoms with Crippen molar-refractivity contribution in [2.75, 3.05) is 39.5 Å². The van der Waals surface area contributed by atoms with Gasteiger partial charge in [0.15, 0.2) is 0 Å². The van der Waals surface area contributed by atoms with Crippen LogP contribution < -0.4 is 11.1 Å².